The Kier molecular flexibility index (Phi) is 8.83. The van der Waals surface area contributed by atoms with Gasteiger partial charge in [-0.2, -0.15) is 0 Å². The molecule has 3 aromatic rings. The molecule has 0 spiro atoms. The zero-order chi connectivity index (χ0) is 30.1. The van der Waals surface area contributed by atoms with E-state index in [1.807, 2.05) is 72.7 Å². The standard InChI is InChI=1S/C33H45N3O5/c1-20-26(23(4)41-35-20)14-19-39-25-12-10-24(11-13-25)27-21(2)34-22(3)28(30(31(37)38)40-32(5,6)7)29(27)36-17-15-33(8,9)16-18-36/h10-13,30H,14-19H2,1-9H3,(H,37,38). The van der Waals surface area contributed by atoms with E-state index in [4.69, 9.17) is 19.0 Å². The molecule has 0 amide bonds. The van der Waals surface area contributed by atoms with Crippen LogP contribution in [0.4, 0.5) is 5.69 Å². The van der Waals surface area contributed by atoms with Crippen molar-refractivity contribution in [2.24, 2.45) is 5.41 Å². The normalized spacial score (nSPS) is 16.1. The third kappa shape index (κ3) is 7.10. The first kappa shape index (κ1) is 30.6. The SMILES string of the molecule is Cc1noc(C)c1CCOc1ccc(-c2c(C)nc(C)c(C(OC(C)(C)C)C(=O)O)c2N2CCC(C)(C)CC2)cc1. The minimum atomic E-state index is -1.14. The van der Waals surface area contributed by atoms with Crippen molar-refractivity contribution in [2.45, 2.75) is 93.3 Å². The van der Waals surface area contributed by atoms with Gasteiger partial charge in [0.25, 0.3) is 0 Å². The van der Waals surface area contributed by atoms with E-state index in [1.165, 1.54) is 0 Å². The molecule has 0 aliphatic carbocycles. The summed E-state index contributed by atoms with van der Waals surface area (Å²) < 4.78 is 17.5. The van der Waals surface area contributed by atoms with E-state index < -0.39 is 17.7 Å². The van der Waals surface area contributed by atoms with Crippen LogP contribution in [-0.2, 0) is 16.0 Å². The second kappa shape index (κ2) is 11.8. The third-order valence-electron chi connectivity index (χ3n) is 7.92. The van der Waals surface area contributed by atoms with Crippen LogP contribution in [0, 0.1) is 33.1 Å². The lowest BCUT2D eigenvalue weighted by Crippen LogP contribution is -2.39. The number of benzene rings is 1. The number of ether oxygens (including phenoxy) is 2. The van der Waals surface area contributed by atoms with Gasteiger partial charge in [-0.15, -0.1) is 0 Å². The third-order valence-corrected chi connectivity index (χ3v) is 7.92. The molecule has 1 atom stereocenters. The molecular formula is C33H45N3O5. The molecular weight excluding hydrogens is 518 g/mol. The van der Waals surface area contributed by atoms with E-state index >= 15 is 0 Å². The average molecular weight is 564 g/mol. The number of pyridine rings is 1. The number of hydrogen-bond acceptors (Lipinski definition) is 7. The number of aliphatic carboxylic acids is 1. The van der Waals surface area contributed by atoms with Gasteiger partial charge in [0.15, 0.2) is 6.10 Å². The first-order valence-corrected chi connectivity index (χ1v) is 14.5. The number of carboxylic acid groups (broad SMARTS) is 1. The van der Waals surface area contributed by atoms with Gasteiger partial charge in [-0.25, -0.2) is 4.79 Å². The fraction of sp³-hybridized carbons (Fsp3) is 0.545. The minimum absolute atomic E-state index is 0.241. The van der Waals surface area contributed by atoms with E-state index in [2.05, 4.69) is 23.9 Å². The predicted molar refractivity (Wildman–Crippen MR) is 161 cm³/mol. The summed E-state index contributed by atoms with van der Waals surface area (Å²) in [7, 11) is 0. The van der Waals surface area contributed by atoms with Crippen LogP contribution in [0.5, 0.6) is 5.75 Å². The molecule has 4 rings (SSSR count). The van der Waals surface area contributed by atoms with Crippen LogP contribution in [0.1, 0.15) is 87.5 Å². The zero-order valence-corrected chi connectivity index (χ0v) is 26.1. The summed E-state index contributed by atoms with van der Waals surface area (Å²) in [6, 6.07) is 7.99. The van der Waals surface area contributed by atoms with Gasteiger partial charge in [-0.1, -0.05) is 31.1 Å². The van der Waals surface area contributed by atoms with Crippen molar-refractivity contribution in [2.75, 3.05) is 24.6 Å². The van der Waals surface area contributed by atoms with E-state index in [-0.39, 0.29) is 5.41 Å². The molecule has 1 fully saturated rings. The van der Waals surface area contributed by atoms with Crippen molar-refractivity contribution in [3.05, 3.63) is 58.2 Å². The summed E-state index contributed by atoms with van der Waals surface area (Å²) in [4.78, 5) is 19.9. The van der Waals surface area contributed by atoms with Crippen LogP contribution < -0.4 is 9.64 Å². The van der Waals surface area contributed by atoms with E-state index in [0.29, 0.717) is 24.3 Å². The van der Waals surface area contributed by atoms with Crippen LogP contribution >= 0.6 is 0 Å². The van der Waals surface area contributed by atoms with Gasteiger partial charge in [-0.3, -0.25) is 4.98 Å². The first-order chi connectivity index (χ1) is 19.2. The number of rotatable bonds is 9. The van der Waals surface area contributed by atoms with E-state index in [1.54, 1.807) is 0 Å². The van der Waals surface area contributed by atoms with Crippen LogP contribution in [0.25, 0.3) is 11.1 Å². The Hall–Kier alpha value is -3.39. The lowest BCUT2D eigenvalue weighted by atomic mass is 9.82. The summed E-state index contributed by atoms with van der Waals surface area (Å²) >= 11 is 0. The molecule has 2 aromatic heterocycles. The first-order valence-electron chi connectivity index (χ1n) is 14.5. The number of carbonyl (C=O) groups is 1. The number of hydrogen-bond donors (Lipinski definition) is 1. The van der Waals surface area contributed by atoms with Crippen molar-refractivity contribution >= 4 is 11.7 Å². The van der Waals surface area contributed by atoms with Crippen LogP contribution in [0.2, 0.25) is 0 Å². The molecule has 1 aliphatic heterocycles. The highest BCUT2D eigenvalue weighted by atomic mass is 16.5. The molecule has 1 aromatic carbocycles. The maximum absolute atomic E-state index is 12.7. The molecule has 0 radical (unpaired) electrons. The van der Waals surface area contributed by atoms with Crippen LogP contribution in [-0.4, -0.2) is 46.5 Å². The van der Waals surface area contributed by atoms with Crippen LogP contribution in [0.3, 0.4) is 0 Å². The second-order valence-electron chi connectivity index (χ2n) is 12.9. The monoisotopic (exact) mass is 563 g/mol. The molecule has 1 N–H and O–H groups in total. The summed E-state index contributed by atoms with van der Waals surface area (Å²) in [5.41, 5.74) is 6.56. The van der Waals surface area contributed by atoms with E-state index in [0.717, 1.165) is 71.2 Å². The number of aromatic nitrogens is 2. The average Bonchev–Trinajstić information content (AvgIpc) is 3.19. The van der Waals surface area contributed by atoms with Crippen molar-refractivity contribution < 1.29 is 23.9 Å². The Labute approximate surface area is 244 Å². The number of carboxylic acids is 1. The molecule has 0 bridgehead atoms. The maximum Gasteiger partial charge on any atom is 0.337 e. The minimum Gasteiger partial charge on any atom is -0.493 e. The van der Waals surface area contributed by atoms with Gasteiger partial charge in [-0.05, 0) is 84.4 Å². The Morgan fingerprint density at radius 3 is 2.22 bits per heavy atom. The fourth-order valence-corrected chi connectivity index (χ4v) is 5.60. The van der Waals surface area contributed by atoms with Crippen molar-refractivity contribution in [1.29, 1.82) is 0 Å². The Balaban J connectivity index is 1.73. The van der Waals surface area contributed by atoms with Crippen molar-refractivity contribution in [3.63, 3.8) is 0 Å². The van der Waals surface area contributed by atoms with Gasteiger partial charge in [0.1, 0.15) is 11.5 Å². The van der Waals surface area contributed by atoms with Gasteiger partial charge >= 0.3 is 5.97 Å². The molecule has 3 heterocycles. The predicted octanol–water partition coefficient (Wildman–Crippen LogP) is 7.16. The molecule has 0 saturated carbocycles. The quantitative estimate of drug-likeness (QED) is 0.293. The molecule has 1 aliphatic rings. The Morgan fingerprint density at radius 2 is 1.68 bits per heavy atom. The smallest absolute Gasteiger partial charge is 0.337 e. The molecule has 1 unspecified atom stereocenters. The molecule has 41 heavy (non-hydrogen) atoms. The van der Waals surface area contributed by atoms with E-state index in [9.17, 15) is 9.90 Å². The van der Waals surface area contributed by atoms with Crippen LogP contribution in [0.15, 0.2) is 28.8 Å². The number of anilines is 1. The zero-order valence-electron chi connectivity index (χ0n) is 26.1. The largest absolute Gasteiger partial charge is 0.493 e. The van der Waals surface area contributed by atoms with Gasteiger partial charge in [0, 0.05) is 47.6 Å². The van der Waals surface area contributed by atoms with Gasteiger partial charge < -0.3 is 24.0 Å². The highest BCUT2D eigenvalue weighted by molar-refractivity contribution is 5.88. The summed E-state index contributed by atoms with van der Waals surface area (Å²) in [5, 5.41) is 14.4. The highest BCUT2D eigenvalue weighted by Crippen LogP contribution is 2.45. The van der Waals surface area contributed by atoms with Gasteiger partial charge in [0.2, 0.25) is 0 Å². The molecule has 222 valence electrons. The molecule has 8 nitrogen and oxygen atoms in total. The Bertz CT molecular complexity index is 1360. The lowest BCUT2D eigenvalue weighted by molar-refractivity contribution is -0.160. The second-order valence-corrected chi connectivity index (χ2v) is 12.9. The summed E-state index contributed by atoms with van der Waals surface area (Å²) in [6.45, 7) is 20.2. The fourth-order valence-electron chi connectivity index (χ4n) is 5.60. The number of aryl methyl sites for hydroxylation is 4. The molecule has 8 heteroatoms. The summed E-state index contributed by atoms with van der Waals surface area (Å²) in [6.07, 6.45) is 1.61. The summed E-state index contributed by atoms with van der Waals surface area (Å²) in [5.74, 6) is 0.572. The van der Waals surface area contributed by atoms with Crippen molar-refractivity contribution in [1.82, 2.24) is 10.1 Å². The highest BCUT2D eigenvalue weighted by Gasteiger charge is 2.36. The maximum atomic E-state index is 12.7. The van der Waals surface area contributed by atoms with Gasteiger partial charge in [0.05, 0.1) is 23.6 Å². The lowest BCUT2D eigenvalue weighted by Gasteiger charge is -2.41. The number of nitrogens with zero attached hydrogens (tertiary/aromatic N) is 3. The molecule has 1 saturated heterocycles. The topological polar surface area (TPSA) is 97.9 Å². The number of piperidine rings is 1. The Morgan fingerprint density at radius 1 is 1.05 bits per heavy atom. The van der Waals surface area contributed by atoms with Crippen molar-refractivity contribution in [3.8, 4) is 16.9 Å².